The maximum atomic E-state index is 12.4. The molecule has 0 spiro atoms. The molecular formula is C15H15N3O2. The Balaban J connectivity index is 1.67. The summed E-state index contributed by atoms with van der Waals surface area (Å²) in [6.45, 7) is 0.124. The van der Waals surface area contributed by atoms with Crippen molar-refractivity contribution in [2.45, 2.75) is 31.4 Å². The molecule has 0 N–H and O–H groups in total. The van der Waals surface area contributed by atoms with Crippen LogP contribution in [0.3, 0.4) is 0 Å². The highest BCUT2D eigenvalue weighted by Gasteiger charge is 2.37. The summed E-state index contributed by atoms with van der Waals surface area (Å²) in [5, 5.41) is 12.7. The van der Waals surface area contributed by atoms with Crippen LogP contribution in [0, 0.1) is 11.3 Å². The standard InChI is InChI=1S/C15H15N3O2/c16-8-9-18(12-6-7-12)15(19)13-10-14(20-17-13)11-4-2-1-3-5-11/h1-5,12,14H,6-7,9-10H2/t14-/m1/s1. The van der Waals surface area contributed by atoms with Crippen molar-refractivity contribution >= 4 is 11.6 Å². The molecule has 102 valence electrons. The monoisotopic (exact) mass is 269 g/mol. The molecule has 5 heteroatoms. The van der Waals surface area contributed by atoms with Crippen molar-refractivity contribution < 1.29 is 9.63 Å². The summed E-state index contributed by atoms with van der Waals surface area (Å²) in [5.74, 6) is -0.160. The van der Waals surface area contributed by atoms with E-state index in [4.69, 9.17) is 10.1 Å². The van der Waals surface area contributed by atoms with Crippen molar-refractivity contribution in [2.24, 2.45) is 5.16 Å². The smallest absolute Gasteiger partial charge is 0.272 e. The molecule has 0 aromatic heterocycles. The number of nitrogens with zero attached hydrogens (tertiary/aromatic N) is 3. The van der Waals surface area contributed by atoms with Gasteiger partial charge in [0.25, 0.3) is 5.91 Å². The van der Waals surface area contributed by atoms with E-state index >= 15 is 0 Å². The van der Waals surface area contributed by atoms with Gasteiger partial charge in [-0.1, -0.05) is 35.5 Å². The lowest BCUT2D eigenvalue weighted by Crippen LogP contribution is -2.38. The normalized spacial score (nSPS) is 20.8. The zero-order valence-corrected chi connectivity index (χ0v) is 11.0. The Hall–Kier alpha value is -2.35. The van der Waals surface area contributed by atoms with Gasteiger partial charge in [-0.25, -0.2) is 0 Å². The molecule has 1 aliphatic heterocycles. The van der Waals surface area contributed by atoms with Crippen LogP contribution in [0.25, 0.3) is 0 Å². The predicted molar refractivity (Wildman–Crippen MR) is 72.7 cm³/mol. The third-order valence-electron chi connectivity index (χ3n) is 3.58. The Bertz CT molecular complexity index is 573. The van der Waals surface area contributed by atoms with Gasteiger partial charge >= 0.3 is 0 Å². The Kier molecular flexibility index (Phi) is 3.38. The fraction of sp³-hybridized carbons (Fsp3) is 0.400. The van der Waals surface area contributed by atoms with E-state index in [1.54, 1.807) is 4.90 Å². The van der Waals surface area contributed by atoms with Crippen molar-refractivity contribution in [3.05, 3.63) is 35.9 Å². The number of hydrogen-bond donors (Lipinski definition) is 0. The van der Waals surface area contributed by atoms with E-state index < -0.39 is 0 Å². The highest BCUT2D eigenvalue weighted by molar-refractivity contribution is 6.39. The number of oxime groups is 1. The van der Waals surface area contributed by atoms with Gasteiger partial charge in [-0.3, -0.25) is 4.79 Å². The first-order chi connectivity index (χ1) is 9.79. The zero-order chi connectivity index (χ0) is 13.9. The summed E-state index contributed by atoms with van der Waals surface area (Å²) < 4.78 is 0. The van der Waals surface area contributed by atoms with E-state index in [0.29, 0.717) is 12.1 Å². The highest BCUT2D eigenvalue weighted by atomic mass is 16.6. The quantitative estimate of drug-likeness (QED) is 0.785. The maximum Gasteiger partial charge on any atom is 0.272 e. The Morgan fingerprint density at radius 3 is 2.80 bits per heavy atom. The minimum absolute atomic E-state index is 0.124. The molecule has 3 rings (SSSR count). The van der Waals surface area contributed by atoms with Gasteiger partial charge in [-0.15, -0.1) is 0 Å². The molecule has 1 aromatic carbocycles. The van der Waals surface area contributed by atoms with Gasteiger partial charge in [0.05, 0.1) is 6.07 Å². The summed E-state index contributed by atoms with van der Waals surface area (Å²) >= 11 is 0. The van der Waals surface area contributed by atoms with Crippen LogP contribution >= 0.6 is 0 Å². The average Bonchev–Trinajstić information content (AvgIpc) is 3.21. The Labute approximate surface area is 117 Å². The van der Waals surface area contributed by atoms with Crippen molar-refractivity contribution in [2.75, 3.05) is 6.54 Å². The van der Waals surface area contributed by atoms with Gasteiger partial charge in [0.2, 0.25) is 0 Å². The number of rotatable bonds is 4. The second-order valence-corrected chi connectivity index (χ2v) is 5.07. The molecule has 0 radical (unpaired) electrons. The Morgan fingerprint density at radius 2 is 2.15 bits per heavy atom. The molecule has 1 amide bonds. The number of carbonyl (C=O) groups is 1. The minimum Gasteiger partial charge on any atom is -0.387 e. The lowest BCUT2D eigenvalue weighted by Gasteiger charge is -2.18. The van der Waals surface area contributed by atoms with Gasteiger partial charge in [-0.2, -0.15) is 5.26 Å². The molecule has 1 atom stereocenters. The van der Waals surface area contributed by atoms with Crippen LogP contribution in [0.4, 0.5) is 0 Å². The number of amides is 1. The summed E-state index contributed by atoms with van der Waals surface area (Å²) in [6.07, 6.45) is 2.23. The number of benzene rings is 1. The molecule has 1 aliphatic carbocycles. The van der Waals surface area contributed by atoms with Crippen LogP contribution in [0.2, 0.25) is 0 Å². The molecule has 0 unspecified atom stereocenters. The van der Waals surface area contributed by atoms with Crippen molar-refractivity contribution in [1.82, 2.24) is 4.90 Å². The van der Waals surface area contributed by atoms with Crippen LogP contribution in [-0.2, 0) is 9.63 Å². The number of hydrogen-bond acceptors (Lipinski definition) is 4. The summed E-state index contributed by atoms with van der Waals surface area (Å²) in [4.78, 5) is 19.3. The van der Waals surface area contributed by atoms with E-state index in [-0.39, 0.29) is 24.6 Å². The molecule has 0 saturated heterocycles. The third-order valence-corrected chi connectivity index (χ3v) is 3.58. The van der Waals surface area contributed by atoms with Crippen molar-refractivity contribution in [1.29, 1.82) is 5.26 Å². The van der Waals surface area contributed by atoms with Crippen LogP contribution in [0.15, 0.2) is 35.5 Å². The molecular weight excluding hydrogens is 254 g/mol. The summed E-state index contributed by atoms with van der Waals surface area (Å²) in [5.41, 5.74) is 1.43. The zero-order valence-electron chi connectivity index (χ0n) is 11.0. The average molecular weight is 269 g/mol. The minimum atomic E-state index is -0.196. The van der Waals surface area contributed by atoms with Gasteiger partial charge in [0.1, 0.15) is 12.3 Å². The van der Waals surface area contributed by atoms with Crippen LogP contribution in [-0.4, -0.2) is 29.1 Å². The third kappa shape index (κ3) is 2.50. The molecule has 2 aliphatic rings. The first-order valence-corrected chi connectivity index (χ1v) is 6.75. The lowest BCUT2D eigenvalue weighted by molar-refractivity contribution is -0.124. The summed E-state index contributed by atoms with van der Waals surface area (Å²) in [6, 6.07) is 12.0. The second kappa shape index (κ2) is 5.33. The maximum absolute atomic E-state index is 12.4. The summed E-state index contributed by atoms with van der Waals surface area (Å²) in [7, 11) is 0. The molecule has 1 fully saturated rings. The van der Waals surface area contributed by atoms with Gasteiger partial charge in [0.15, 0.2) is 6.10 Å². The van der Waals surface area contributed by atoms with E-state index in [2.05, 4.69) is 5.16 Å². The predicted octanol–water partition coefficient (Wildman–Crippen LogP) is 2.02. The van der Waals surface area contributed by atoms with E-state index in [9.17, 15) is 4.79 Å². The lowest BCUT2D eigenvalue weighted by atomic mass is 10.0. The largest absolute Gasteiger partial charge is 0.387 e. The molecule has 1 aromatic rings. The van der Waals surface area contributed by atoms with Gasteiger partial charge in [-0.05, 0) is 18.4 Å². The second-order valence-electron chi connectivity index (χ2n) is 5.07. The number of nitriles is 1. The van der Waals surface area contributed by atoms with Gasteiger partial charge < -0.3 is 9.74 Å². The SMILES string of the molecule is N#CCN(C(=O)C1=NO[C@@H](c2ccccc2)C1)C1CC1. The Morgan fingerprint density at radius 1 is 1.40 bits per heavy atom. The first-order valence-electron chi connectivity index (χ1n) is 6.75. The molecule has 20 heavy (non-hydrogen) atoms. The molecule has 1 saturated carbocycles. The molecule has 1 heterocycles. The van der Waals surface area contributed by atoms with Crippen LogP contribution in [0.5, 0.6) is 0 Å². The van der Waals surface area contributed by atoms with Crippen molar-refractivity contribution in [3.8, 4) is 6.07 Å². The van der Waals surface area contributed by atoms with E-state index in [1.165, 1.54) is 0 Å². The van der Waals surface area contributed by atoms with Crippen LogP contribution < -0.4 is 0 Å². The van der Waals surface area contributed by atoms with Crippen molar-refractivity contribution in [3.63, 3.8) is 0 Å². The molecule has 5 nitrogen and oxygen atoms in total. The van der Waals surface area contributed by atoms with E-state index in [0.717, 1.165) is 18.4 Å². The number of carbonyl (C=O) groups excluding carboxylic acids is 1. The first kappa shape index (κ1) is 12.7. The van der Waals surface area contributed by atoms with E-state index in [1.807, 2.05) is 36.4 Å². The fourth-order valence-corrected chi connectivity index (χ4v) is 2.35. The van der Waals surface area contributed by atoms with Crippen LogP contribution in [0.1, 0.15) is 30.9 Å². The topological polar surface area (TPSA) is 65.7 Å². The molecule has 0 bridgehead atoms. The highest BCUT2D eigenvalue weighted by Crippen LogP contribution is 2.31. The fourth-order valence-electron chi connectivity index (χ4n) is 2.35. The van der Waals surface area contributed by atoms with Gasteiger partial charge in [0, 0.05) is 12.5 Å².